The van der Waals surface area contributed by atoms with E-state index in [0.717, 1.165) is 35.1 Å². The van der Waals surface area contributed by atoms with E-state index in [2.05, 4.69) is 15.4 Å². The molecule has 0 aliphatic heterocycles. The van der Waals surface area contributed by atoms with Gasteiger partial charge in [0.15, 0.2) is 0 Å². The summed E-state index contributed by atoms with van der Waals surface area (Å²) >= 11 is 0.873. The quantitative estimate of drug-likeness (QED) is 0.295. The van der Waals surface area contributed by atoms with Crippen molar-refractivity contribution in [2.75, 3.05) is 17.7 Å². The first kappa shape index (κ1) is 24.3. The van der Waals surface area contributed by atoms with Gasteiger partial charge in [-0.05, 0) is 12.1 Å². The fraction of sp³-hybridized carbons (Fsp3) is 0.111. The summed E-state index contributed by atoms with van der Waals surface area (Å²) < 4.78 is 53.9. The Morgan fingerprint density at radius 3 is 2.33 bits per heavy atom. The smallest absolute Gasteiger partial charge is 0.266 e. The fourth-order valence-electron chi connectivity index (χ4n) is 2.53. The molecule has 33 heavy (non-hydrogen) atoms. The molecule has 3 aromatic rings. The number of carbonyl (C=O) groups excluding carboxylic acids is 2. The van der Waals surface area contributed by atoms with Crippen molar-refractivity contribution in [3.8, 4) is 0 Å². The van der Waals surface area contributed by atoms with Crippen molar-refractivity contribution < 1.29 is 31.9 Å². The maximum atomic E-state index is 13.9. The number of nitrogen functional groups attached to an aromatic ring is 1. The van der Waals surface area contributed by atoms with Crippen LogP contribution in [-0.2, 0) is 14.8 Å². The van der Waals surface area contributed by atoms with E-state index in [9.17, 15) is 26.8 Å². The molecule has 3 rings (SSSR count). The van der Waals surface area contributed by atoms with Gasteiger partial charge in [-0.15, -0.1) is 0 Å². The number of benzene rings is 2. The van der Waals surface area contributed by atoms with E-state index in [0.29, 0.717) is 4.68 Å². The zero-order valence-electron chi connectivity index (χ0n) is 16.6. The van der Waals surface area contributed by atoms with Crippen molar-refractivity contribution in [1.29, 1.82) is 0 Å². The molecule has 174 valence electrons. The average Bonchev–Trinajstić information content (AvgIpc) is 3.12. The number of nitrogens with one attached hydrogen (secondary N) is 2. The molecular formula is C18H17AsF2N6O5S. The van der Waals surface area contributed by atoms with Gasteiger partial charge in [0.2, 0.25) is 0 Å². The van der Waals surface area contributed by atoms with Crippen molar-refractivity contribution in [2.45, 2.75) is 9.60 Å². The number of aromatic nitrogens is 3. The second-order valence-corrected chi connectivity index (χ2v) is 9.89. The first-order valence-electron chi connectivity index (χ1n) is 9.05. The fourth-order valence-corrected chi connectivity index (χ4v) is 3.99. The minimum atomic E-state index is -4.16. The molecule has 1 aromatic heterocycles. The van der Waals surface area contributed by atoms with E-state index in [-0.39, 0.29) is 16.5 Å². The molecule has 0 fully saturated rings. The van der Waals surface area contributed by atoms with Crippen molar-refractivity contribution in [3.63, 3.8) is 0 Å². The Morgan fingerprint density at radius 1 is 1.15 bits per heavy atom. The average molecular weight is 542 g/mol. The molecule has 0 radical (unpaired) electrons. The van der Waals surface area contributed by atoms with Crippen LogP contribution in [0.2, 0.25) is 4.71 Å². The summed E-state index contributed by atoms with van der Waals surface area (Å²) in [6, 6.07) is 7.95. The van der Waals surface area contributed by atoms with Crippen LogP contribution < -0.4 is 15.8 Å². The van der Waals surface area contributed by atoms with Gasteiger partial charge >= 0.3 is 134 Å². The first-order chi connectivity index (χ1) is 15.5. The Kier molecular flexibility index (Phi) is 7.10. The third-order valence-corrected chi connectivity index (χ3v) is 6.63. The van der Waals surface area contributed by atoms with Crippen molar-refractivity contribution in [3.05, 3.63) is 59.7 Å². The van der Waals surface area contributed by atoms with Gasteiger partial charge in [-0.2, -0.15) is 0 Å². The van der Waals surface area contributed by atoms with E-state index >= 15 is 0 Å². The number of nitrogens with two attached hydrogens (primary N) is 1. The maximum absolute atomic E-state index is 13.9. The molecule has 0 aliphatic carbocycles. The summed E-state index contributed by atoms with van der Waals surface area (Å²) in [4.78, 5) is 27.8. The zero-order valence-corrected chi connectivity index (χ0v) is 19.8. The summed E-state index contributed by atoms with van der Waals surface area (Å²) in [5.74, 6) is -4.82. The number of nitrogens with zero attached hydrogens (tertiary/aromatic N) is 3. The van der Waals surface area contributed by atoms with E-state index in [1.54, 1.807) is 0 Å². The normalized spacial score (nSPS) is 12.2. The van der Waals surface area contributed by atoms with Crippen LogP contribution in [-0.4, -0.2) is 63.6 Å². The molecule has 0 aliphatic rings. The van der Waals surface area contributed by atoms with E-state index < -0.39 is 56.3 Å². The topological polar surface area (TPSA) is 169 Å². The van der Waals surface area contributed by atoms with Crippen molar-refractivity contribution >= 4 is 56.3 Å². The monoisotopic (exact) mass is 542 g/mol. The molecule has 2 aromatic carbocycles. The van der Waals surface area contributed by atoms with Crippen LogP contribution in [0, 0.1) is 11.6 Å². The number of amides is 1. The van der Waals surface area contributed by atoms with Gasteiger partial charge in [0.05, 0.1) is 0 Å². The Bertz CT molecular complexity index is 1300. The number of aliphatic hydroxyl groups excluding tert-OH is 1. The minimum Gasteiger partial charge on any atom is -0.266 e. The predicted octanol–water partition coefficient (Wildman–Crippen LogP) is -0.211. The van der Waals surface area contributed by atoms with Crippen LogP contribution in [0.4, 0.5) is 26.4 Å². The summed E-state index contributed by atoms with van der Waals surface area (Å²) in [6.07, 6.45) is 0. The molecule has 2 atom stereocenters. The Hall–Kier alpha value is -3.35. The molecule has 0 saturated heterocycles. The molecule has 0 spiro atoms. The number of hydrogen-bond acceptors (Lipinski definition) is 9. The second-order valence-electron chi connectivity index (χ2n) is 6.52. The molecule has 0 bridgehead atoms. The number of anilines is 3. The number of hydrogen-bond donors (Lipinski definition) is 4. The van der Waals surface area contributed by atoms with Crippen LogP contribution in [0.25, 0.3) is 0 Å². The predicted molar refractivity (Wildman–Crippen MR) is 115 cm³/mol. The van der Waals surface area contributed by atoms with Gasteiger partial charge < -0.3 is 5.73 Å². The van der Waals surface area contributed by atoms with E-state index in [4.69, 9.17) is 10.8 Å². The SMILES string of the molecule is Nc1nc(Nc2ccc(S(=O)(=O)NC(=O)[C@@H]([AsH2])CO)cc2)nn1C(=O)c1c(F)cccc1F. The minimum absolute atomic E-state index is 0.194. The van der Waals surface area contributed by atoms with Gasteiger partial charge in [-0.3, -0.25) is 4.79 Å². The molecule has 1 amide bonds. The van der Waals surface area contributed by atoms with Gasteiger partial charge in [0.1, 0.15) is 17.2 Å². The molecule has 5 N–H and O–H groups in total. The molecule has 15 heteroatoms. The van der Waals surface area contributed by atoms with E-state index in [1.165, 1.54) is 24.3 Å². The standard InChI is InChI=1S/C18H17AsF2N6O5S/c19-11(8-28)15(29)26-33(31,32)10-6-4-9(5-7-10)23-18-24-17(22)27(25-18)16(30)14-12(20)2-1-3-13(14)21/h1-7,11,28H,8,19H2,(H,26,29)(H3,22,23,24,25)/t11-/m0/s1. The van der Waals surface area contributed by atoms with Gasteiger partial charge in [-0.25, -0.2) is 8.78 Å². The number of halogens is 2. The molecule has 11 nitrogen and oxygen atoms in total. The van der Waals surface area contributed by atoms with Crippen LogP contribution in [0.15, 0.2) is 47.4 Å². The number of carbonyl (C=O) groups is 2. The van der Waals surface area contributed by atoms with Gasteiger partial charge in [-0.1, -0.05) is 6.07 Å². The van der Waals surface area contributed by atoms with Crippen LogP contribution in [0.3, 0.4) is 0 Å². The molecular weight excluding hydrogens is 525 g/mol. The third-order valence-electron chi connectivity index (χ3n) is 4.19. The third kappa shape index (κ3) is 5.35. The molecule has 1 heterocycles. The Morgan fingerprint density at radius 2 is 1.76 bits per heavy atom. The molecule has 0 saturated carbocycles. The van der Waals surface area contributed by atoms with Gasteiger partial charge in [0.25, 0.3) is 5.91 Å². The second kappa shape index (κ2) is 9.65. The summed E-state index contributed by atoms with van der Waals surface area (Å²) in [7, 11) is -4.16. The molecule has 1 unspecified atom stereocenters. The van der Waals surface area contributed by atoms with E-state index in [1.807, 2.05) is 4.72 Å². The zero-order chi connectivity index (χ0) is 24.3. The number of aliphatic hydroxyl groups is 1. The number of rotatable bonds is 7. The van der Waals surface area contributed by atoms with Crippen molar-refractivity contribution in [2.24, 2.45) is 0 Å². The summed E-state index contributed by atoms with van der Waals surface area (Å²) in [5, 5.41) is 15.4. The van der Waals surface area contributed by atoms with Crippen LogP contribution >= 0.6 is 0 Å². The Labute approximate surface area is 194 Å². The van der Waals surface area contributed by atoms with Gasteiger partial charge in [0, 0.05) is 0 Å². The number of sulfonamides is 1. The Balaban J connectivity index is 1.78. The summed E-state index contributed by atoms with van der Waals surface area (Å²) in [6.45, 7) is -0.487. The summed E-state index contributed by atoms with van der Waals surface area (Å²) in [5.41, 5.74) is 5.08. The first-order valence-corrected chi connectivity index (χ1v) is 11.9. The van der Waals surface area contributed by atoms with Crippen molar-refractivity contribution in [1.82, 2.24) is 19.5 Å². The van der Waals surface area contributed by atoms with Crippen LogP contribution in [0.1, 0.15) is 10.4 Å². The van der Waals surface area contributed by atoms with Crippen LogP contribution in [0.5, 0.6) is 0 Å².